The second-order valence-corrected chi connectivity index (χ2v) is 8.89. The van der Waals surface area contributed by atoms with E-state index in [-0.39, 0.29) is 30.7 Å². The zero-order valence-electron chi connectivity index (χ0n) is 14.0. The van der Waals surface area contributed by atoms with Gasteiger partial charge in [0.25, 0.3) is 10.0 Å². The molecule has 1 aliphatic rings. The van der Waals surface area contributed by atoms with Crippen molar-refractivity contribution in [1.82, 2.24) is 9.73 Å². The summed E-state index contributed by atoms with van der Waals surface area (Å²) in [6.45, 7) is 0.513. The van der Waals surface area contributed by atoms with E-state index in [9.17, 15) is 23.3 Å². The highest BCUT2D eigenvalue weighted by Gasteiger charge is 2.32. The van der Waals surface area contributed by atoms with Crippen LogP contribution in [0.5, 0.6) is 0 Å². The highest BCUT2D eigenvalue weighted by atomic mass is 32.2. The fourth-order valence-electron chi connectivity index (χ4n) is 2.66. The summed E-state index contributed by atoms with van der Waals surface area (Å²) in [7, 11) is -3.50. The zero-order chi connectivity index (χ0) is 19.4. The van der Waals surface area contributed by atoms with Crippen LogP contribution in [0.25, 0.3) is 0 Å². The molecular weight excluding hydrogens is 396 g/mol. The number of rotatable bonds is 6. The van der Waals surface area contributed by atoms with E-state index in [1.54, 1.807) is 17.5 Å². The summed E-state index contributed by atoms with van der Waals surface area (Å²) in [5.74, 6) is -0.968. The smallest absolute Gasteiger partial charge is 0.400 e. The maximum atomic E-state index is 12.5. The Morgan fingerprint density at radius 3 is 2.70 bits per heavy atom. The van der Waals surface area contributed by atoms with Gasteiger partial charge in [-0.3, -0.25) is 14.9 Å². The van der Waals surface area contributed by atoms with E-state index >= 15 is 0 Å². The van der Waals surface area contributed by atoms with Crippen LogP contribution in [0.2, 0.25) is 0 Å². The number of nitro groups is 1. The molecule has 1 fully saturated rings. The van der Waals surface area contributed by atoms with Gasteiger partial charge in [0, 0.05) is 19.0 Å². The molecule has 27 heavy (non-hydrogen) atoms. The third-order valence-corrected chi connectivity index (χ3v) is 7.34. The first kappa shape index (κ1) is 19.2. The van der Waals surface area contributed by atoms with Gasteiger partial charge in [0.15, 0.2) is 5.76 Å². The summed E-state index contributed by atoms with van der Waals surface area (Å²) < 4.78 is 31.5. The molecule has 1 amide bonds. The number of carbonyl (C=O) groups excluding carboxylic acids is 1. The van der Waals surface area contributed by atoms with Crippen molar-refractivity contribution in [2.45, 2.75) is 17.1 Å². The molecule has 0 unspecified atom stereocenters. The van der Waals surface area contributed by atoms with E-state index in [1.807, 2.05) is 0 Å². The molecule has 0 aromatic carbocycles. The monoisotopic (exact) mass is 412 g/mol. The van der Waals surface area contributed by atoms with Gasteiger partial charge >= 0.3 is 5.88 Å². The molecule has 0 bridgehead atoms. The van der Waals surface area contributed by atoms with Crippen molar-refractivity contribution in [3.05, 3.63) is 45.5 Å². The fourth-order valence-corrected chi connectivity index (χ4v) is 5.27. The molecule has 0 spiro atoms. The molecule has 3 rings (SSSR count). The number of nitrogens with zero attached hydrogens (tertiary/aromatic N) is 3. The van der Waals surface area contributed by atoms with Crippen LogP contribution in [0.15, 0.2) is 43.4 Å². The van der Waals surface area contributed by atoms with Crippen molar-refractivity contribution in [1.29, 1.82) is 0 Å². The van der Waals surface area contributed by atoms with E-state index in [4.69, 9.17) is 4.42 Å². The molecule has 2 aromatic heterocycles. The first-order valence-corrected chi connectivity index (χ1v) is 10.3. The predicted molar refractivity (Wildman–Crippen MR) is 96.9 cm³/mol. The van der Waals surface area contributed by atoms with Crippen molar-refractivity contribution >= 4 is 39.4 Å². The van der Waals surface area contributed by atoms with Crippen LogP contribution in [-0.4, -0.2) is 42.9 Å². The Morgan fingerprint density at radius 2 is 2.11 bits per heavy atom. The van der Waals surface area contributed by atoms with Gasteiger partial charge in [-0.15, -0.1) is 11.3 Å². The summed E-state index contributed by atoms with van der Waals surface area (Å²) in [5, 5.41) is 16.0. The minimum Gasteiger partial charge on any atom is -0.400 e. The number of thiophene rings is 1. The molecule has 3 heterocycles. The van der Waals surface area contributed by atoms with Crippen molar-refractivity contribution in [3.8, 4) is 0 Å². The van der Waals surface area contributed by atoms with Gasteiger partial charge in [-0.2, -0.15) is 9.41 Å². The topological polar surface area (TPSA) is 135 Å². The normalized spacial score (nSPS) is 16.6. The first-order chi connectivity index (χ1) is 12.9. The number of hydrogen-bond donors (Lipinski definition) is 1. The number of carbonyl (C=O) groups is 1. The fraction of sp³-hybridized carbons (Fsp3) is 0.333. The molecular formula is C15H16N4O6S2. The van der Waals surface area contributed by atoms with Crippen molar-refractivity contribution in [2.75, 3.05) is 13.1 Å². The number of amides is 1. The van der Waals surface area contributed by atoms with E-state index in [2.05, 4.69) is 10.5 Å². The Morgan fingerprint density at radius 1 is 1.37 bits per heavy atom. The SMILES string of the molecule is O=C(N/N=C\c1ccc([N+](=O)[O-])o1)C1CCN(S(=O)(=O)c2cccs2)CC1. The molecule has 10 nitrogen and oxygen atoms in total. The number of hydrazone groups is 1. The Kier molecular flexibility index (Phi) is 5.68. The lowest BCUT2D eigenvalue weighted by atomic mass is 9.98. The molecule has 144 valence electrons. The number of piperidine rings is 1. The maximum absolute atomic E-state index is 12.5. The summed E-state index contributed by atoms with van der Waals surface area (Å²) >= 11 is 1.16. The van der Waals surface area contributed by atoms with Crippen molar-refractivity contribution < 1.29 is 22.6 Å². The Bertz CT molecular complexity index is 943. The first-order valence-electron chi connectivity index (χ1n) is 7.99. The standard InChI is InChI=1S/C15H16N4O6S2/c20-15(17-16-10-12-3-4-13(25-12)19(21)22)11-5-7-18(8-6-11)27(23,24)14-2-1-9-26-14/h1-4,9-11H,5-8H2,(H,17,20)/b16-10-. The lowest BCUT2D eigenvalue weighted by molar-refractivity contribution is -0.402. The van der Waals surface area contributed by atoms with Crippen LogP contribution >= 0.6 is 11.3 Å². The van der Waals surface area contributed by atoms with E-state index < -0.39 is 20.8 Å². The minimum atomic E-state index is -3.50. The summed E-state index contributed by atoms with van der Waals surface area (Å²) in [5.41, 5.74) is 2.36. The van der Waals surface area contributed by atoms with Gasteiger partial charge in [0.05, 0.1) is 12.3 Å². The average Bonchev–Trinajstić information content (AvgIpc) is 3.34. The van der Waals surface area contributed by atoms with Crippen LogP contribution in [0.4, 0.5) is 5.88 Å². The average molecular weight is 412 g/mol. The molecule has 12 heteroatoms. The molecule has 0 saturated carbocycles. The lowest BCUT2D eigenvalue weighted by Crippen LogP contribution is -2.42. The highest BCUT2D eigenvalue weighted by Crippen LogP contribution is 2.26. The van der Waals surface area contributed by atoms with Crippen molar-refractivity contribution in [2.24, 2.45) is 11.0 Å². The van der Waals surface area contributed by atoms with Crippen LogP contribution in [0.3, 0.4) is 0 Å². The summed E-state index contributed by atoms with van der Waals surface area (Å²) in [6.07, 6.45) is 1.94. The molecule has 1 aliphatic heterocycles. The predicted octanol–water partition coefficient (Wildman–Crippen LogP) is 1.80. The Labute approximate surface area is 158 Å². The zero-order valence-corrected chi connectivity index (χ0v) is 15.6. The Balaban J connectivity index is 1.51. The van der Waals surface area contributed by atoms with Crippen LogP contribution < -0.4 is 5.43 Å². The Hall–Kier alpha value is -2.57. The van der Waals surface area contributed by atoms with Crippen LogP contribution in [-0.2, 0) is 14.8 Å². The largest absolute Gasteiger partial charge is 0.433 e. The lowest BCUT2D eigenvalue weighted by Gasteiger charge is -2.29. The van der Waals surface area contributed by atoms with Crippen LogP contribution in [0.1, 0.15) is 18.6 Å². The number of furan rings is 1. The third kappa shape index (κ3) is 4.40. The quantitative estimate of drug-likeness (QED) is 0.437. The van der Waals surface area contributed by atoms with Gasteiger partial charge in [-0.25, -0.2) is 13.8 Å². The molecule has 2 aromatic rings. The number of sulfonamides is 1. The second kappa shape index (κ2) is 7.98. The molecule has 0 atom stereocenters. The second-order valence-electron chi connectivity index (χ2n) is 5.78. The maximum Gasteiger partial charge on any atom is 0.433 e. The van der Waals surface area contributed by atoms with Crippen molar-refractivity contribution in [3.63, 3.8) is 0 Å². The van der Waals surface area contributed by atoms with E-state index in [0.29, 0.717) is 17.1 Å². The molecule has 1 saturated heterocycles. The van der Waals surface area contributed by atoms with Gasteiger partial charge in [-0.05, 0) is 30.4 Å². The molecule has 1 N–H and O–H groups in total. The minimum absolute atomic E-state index is 0.138. The van der Waals surface area contributed by atoms with Gasteiger partial charge in [0.1, 0.15) is 9.13 Å². The summed E-state index contributed by atoms with van der Waals surface area (Å²) in [4.78, 5) is 22.0. The van der Waals surface area contributed by atoms with Gasteiger partial charge < -0.3 is 4.42 Å². The van der Waals surface area contributed by atoms with E-state index in [0.717, 1.165) is 11.3 Å². The third-order valence-electron chi connectivity index (χ3n) is 4.07. The van der Waals surface area contributed by atoms with Gasteiger partial charge in [-0.1, -0.05) is 6.07 Å². The summed E-state index contributed by atoms with van der Waals surface area (Å²) in [6, 6.07) is 5.80. The number of nitrogens with one attached hydrogen (secondary N) is 1. The number of hydrogen-bond acceptors (Lipinski definition) is 8. The highest BCUT2D eigenvalue weighted by molar-refractivity contribution is 7.91. The van der Waals surface area contributed by atoms with E-state index in [1.165, 1.54) is 22.7 Å². The van der Waals surface area contributed by atoms with Gasteiger partial charge in [0.2, 0.25) is 5.91 Å². The molecule has 0 radical (unpaired) electrons. The molecule has 0 aliphatic carbocycles. The van der Waals surface area contributed by atoms with Crippen LogP contribution in [0, 0.1) is 16.0 Å².